The maximum atomic E-state index is 12.8. The van der Waals surface area contributed by atoms with Crippen LogP contribution in [0.5, 0.6) is 0 Å². The van der Waals surface area contributed by atoms with E-state index in [1.54, 1.807) is 6.20 Å². The molecule has 1 amide bonds. The van der Waals surface area contributed by atoms with Gasteiger partial charge >= 0.3 is 0 Å². The van der Waals surface area contributed by atoms with Crippen LogP contribution in [-0.4, -0.2) is 22.4 Å². The zero-order valence-corrected chi connectivity index (χ0v) is 21.4. The largest absolute Gasteiger partial charge is 0.366 e. The third-order valence-corrected chi connectivity index (χ3v) is 6.15. The zero-order valence-electron chi connectivity index (χ0n) is 20.6. The van der Waals surface area contributed by atoms with E-state index in [4.69, 9.17) is 11.6 Å². The highest BCUT2D eigenvalue weighted by atomic mass is 35.5. The van der Waals surface area contributed by atoms with Crippen LogP contribution < -0.4 is 5.32 Å². The fourth-order valence-electron chi connectivity index (χ4n) is 4.30. The van der Waals surface area contributed by atoms with E-state index in [1.807, 2.05) is 71.3 Å². The number of halogens is 1. The summed E-state index contributed by atoms with van der Waals surface area (Å²) >= 11 is 6.11. The Morgan fingerprint density at radius 1 is 1.06 bits per heavy atom. The molecule has 0 radical (unpaired) electrons. The van der Waals surface area contributed by atoms with Crippen LogP contribution in [0.15, 0.2) is 55.0 Å². The SMILES string of the molecule is CC.CC.Cc1cc(C2CCC(CNC(=O)c3c[nH]cc3-c3cccc(Cl)c3)CC2)ccn1. The summed E-state index contributed by atoms with van der Waals surface area (Å²) in [6.07, 6.45) is 10.1. The van der Waals surface area contributed by atoms with Crippen LogP contribution in [0.1, 0.15) is 80.9 Å². The molecular formula is C28H38ClN3O. The molecule has 0 spiro atoms. The van der Waals surface area contributed by atoms with Crippen molar-refractivity contribution in [3.8, 4) is 11.1 Å². The van der Waals surface area contributed by atoms with Crippen molar-refractivity contribution in [2.24, 2.45) is 5.92 Å². The van der Waals surface area contributed by atoms with Gasteiger partial charge in [-0.1, -0.05) is 51.4 Å². The van der Waals surface area contributed by atoms with Crippen molar-refractivity contribution in [2.45, 2.75) is 66.2 Å². The first-order valence-electron chi connectivity index (χ1n) is 12.2. The second-order valence-corrected chi connectivity index (χ2v) is 8.39. The Hall–Kier alpha value is -2.59. The fraction of sp³-hybridized carbons (Fsp3) is 0.429. The van der Waals surface area contributed by atoms with Gasteiger partial charge in [-0.3, -0.25) is 9.78 Å². The average Bonchev–Trinajstić information content (AvgIpc) is 3.36. The third-order valence-electron chi connectivity index (χ3n) is 5.92. The summed E-state index contributed by atoms with van der Waals surface area (Å²) in [6, 6.07) is 11.9. The topological polar surface area (TPSA) is 57.8 Å². The second kappa shape index (κ2) is 13.8. The Bertz CT molecular complexity index is 990. The van der Waals surface area contributed by atoms with Crippen molar-refractivity contribution in [3.63, 3.8) is 0 Å². The van der Waals surface area contributed by atoms with Gasteiger partial charge in [0.2, 0.25) is 0 Å². The molecule has 3 aromatic rings. The molecule has 2 aromatic heterocycles. The lowest BCUT2D eigenvalue weighted by Gasteiger charge is -2.29. The third kappa shape index (κ3) is 7.46. The normalized spacial score (nSPS) is 17.2. The zero-order chi connectivity index (χ0) is 24.2. The molecule has 1 aliphatic rings. The number of aryl methyl sites for hydroxylation is 1. The molecule has 2 N–H and O–H groups in total. The molecule has 0 bridgehead atoms. The number of amides is 1. The summed E-state index contributed by atoms with van der Waals surface area (Å²) in [5.41, 5.74) is 4.96. The molecule has 1 fully saturated rings. The highest BCUT2D eigenvalue weighted by Gasteiger charge is 2.23. The summed E-state index contributed by atoms with van der Waals surface area (Å²) < 4.78 is 0. The lowest BCUT2D eigenvalue weighted by molar-refractivity contribution is 0.0943. The van der Waals surface area contributed by atoms with Gasteiger partial charge in [0.25, 0.3) is 5.91 Å². The molecule has 33 heavy (non-hydrogen) atoms. The number of aromatic nitrogens is 2. The molecular weight excluding hydrogens is 430 g/mol. The van der Waals surface area contributed by atoms with Gasteiger partial charge in [-0.15, -0.1) is 0 Å². The van der Waals surface area contributed by atoms with Gasteiger partial charge in [-0.2, -0.15) is 0 Å². The molecule has 0 aliphatic heterocycles. The highest BCUT2D eigenvalue weighted by Crippen LogP contribution is 2.35. The van der Waals surface area contributed by atoms with Gasteiger partial charge in [0.1, 0.15) is 0 Å². The van der Waals surface area contributed by atoms with E-state index in [1.165, 1.54) is 18.4 Å². The number of hydrogen-bond donors (Lipinski definition) is 2. The number of aromatic amines is 1. The van der Waals surface area contributed by atoms with Crippen molar-refractivity contribution in [2.75, 3.05) is 6.54 Å². The van der Waals surface area contributed by atoms with E-state index in [-0.39, 0.29) is 5.91 Å². The van der Waals surface area contributed by atoms with Crippen molar-refractivity contribution in [1.29, 1.82) is 0 Å². The highest BCUT2D eigenvalue weighted by molar-refractivity contribution is 6.30. The number of hydrogen-bond acceptors (Lipinski definition) is 2. The number of nitrogens with zero attached hydrogens (tertiary/aromatic N) is 1. The molecule has 2 heterocycles. The monoisotopic (exact) mass is 467 g/mol. The molecule has 5 heteroatoms. The number of carbonyl (C=O) groups excluding carboxylic acids is 1. The van der Waals surface area contributed by atoms with E-state index in [2.05, 4.69) is 27.4 Å². The van der Waals surface area contributed by atoms with Gasteiger partial charge < -0.3 is 10.3 Å². The Morgan fingerprint density at radius 2 is 1.79 bits per heavy atom. The summed E-state index contributed by atoms with van der Waals surface area (Å²) in [6.45, 7) is 10.8. The van der Waals surface area contributed by atoms with Gasteiger partial charge in [0.05, 0.1) is 5.56 Å². The van der Waals surface area contributed by atoms with E-state index >= 15 is 0 Å². The van der Waals surface area contributed by atoms with Gasteiger partial charge in [-0.05, 0) is 79.8 Å². The Balaban J connectivity index is 0.000000914. The van der Waals surface area contributed by atoms with Crippen LogP contribution in [0.25, 0.3) is 11.1 Å². The molecule has 0 saturated heterocycles. The van der Waals surface area contributed by atoms with E-state index in [0.29, 0.717) is 22.4 Å². The minimum atomic E-state index is -0.0342. The van der Waals surface area contributed by atoms with E-state index in [0.717, 1.165) is 36.2 Å². The summed E-state index contributed by atoms with van der Waals surface area (Å²) in [5.74, 6) is 1.11. The molecule has 0 unspecified atom stereocenters. The van der Waals surface area contributed by atoms with Crippen LogP contribution in [0.3, 0.4) is 0 Å². The minimum Gasteiger partial charge on any atom is -0.366 e. The van der Waals surface area contributed by atoms with Crippen LogP contribution in [0, 0.1) is 12.8 Å². The number of rotatable bonds is 5. The first-order valence-corrected chi connectivity index (χ1v) is 12.6. The first kappa shape index (κ1) is 26.7. The average molecular weight is 468 g/mol. The van der Waals surface area contributed by atoms with Crippen molar-refractivity contribution in [1.82, 2.24) is 15.3 Å². The number of benzene rings is 1. The molecule has 1 saturated carbocycles. The smallest absolute Gasteiger partial charge is 0.253 e. The number of carbonyl (C=O) groups is 1. The molecule has 178 valence electrons. The van der Waals surface area contributed by atoms with Crippen LogP contribution in [0.2, 0.25) is 5.02 Å². The predicted octanol–water partition coefficient (Wildman–Crippen LogP) is 7.79. The maximum absolute atomic E-state index is 12.8. The predicted molar refractivity (Wildman–Crippen MR) is 140 cm³/mol. The minimum absolute atomic E-state index is 0.0342. The van der Waals surface area contributed by atoms with E-state index in [9.17, 15) is 4.79 Å². The van der Waals surface area contributed by atoms with Crippen molar-refractivity contribution in [3.05, 3.63) is 76.8 Å². The Kier molecular flexibility index (Phi) is 11.2. The summed E-state index contributed by atoms with van der Waals surface area (Å²) in [4.78, 5) is 20.1. The molecule has 4 rings (SSSR count). The molecule has 4 nitrogen and oxygen atoms in total. The standard InChI is InChI=1S/C24H26ClN3O.2C2H6/c1-16-11-19(9-10-27-16)18-7-5-17(6-8-18)13-28-24(29)23-15-26-14-22(23)20-3-2-4-21(25)12-20;2*1-2/h2-4,9-12,14-15,17-18,26H,5-8,13H2,1H3,(H,28,29);2*1-2H3. The second-order valence-electron chi connectivity index (χ2n) is 7.95. The van der Waals surface area contributed by atoms with Crippen molar-refractivity contribution < 1.29 is 4.79 Å². The van der Waals surface area contributed by atoms with Gasteiger partial charge in [0, 0.05) is 41.4 Å². The van der Waals surface area contributed by atoms with Crippen molar-refractivity contribution >= 4 is 17.5 Å². The van der Waals surface area contributed by atoms with Gasteiger partial charge in [0.15, 0.2) is 0 Å². The van der Waals surface area contributed by atoms with Crippen LogP contribution >= 0.6 is 11.6 Å². The van der Waals surface area contributed by atoms with Gasteiger partial charge in [-0.25, -0.2) is 0 Å². The lowest BCUT2D eigenvalue weighted by atomic mass is 9.79. The first-order chi connectivity index (χ1) is 16.1. The lowest BCUT2D eigenvalue weighted by Crippen LogP contribution is -2.31. The molecule has 1 aromatic carbocycles. The molecule has 1 aliphatic carbocycles. The Labute approximate surface area is 204 Å². The molecule has 0 atom stereocenters. The van der Waals surface area contributed by atoms with E-state index < -0.39 is 0 Å². The van der Waals surface area contributed by atoms with Crippen LogP contribution in [-0.2, 0) is 0 Å². The number of nitrogens with one attached hydrogen (secondary N) is 2. The van der Waals surface area contributed by atoms with Crippen LogP contribution in [0.4, 0.5) is 0 Å². The summed E-state index contributed by atoms with van der Waals surface area (Å²) in [5, 5.41) is 3.80. The Morgan fingerprint density at radius 3 is 2.45 bits per heavy atom. The summed E-state index contributed by atoms with van der Waals surface area (Å²) in [7, 11) is 0. The fourth-order valence-corrected chi connectivity index (χ4v) is 4.49. The number of pyridine rings is 1. The maximum Gasteiger partial charge on any atom is 0.253 e. The quantitative estimate of drug-likeness (QED) is 0.402. The number of H-pyrrole nitrogens is 1.